The van der Waals surface area contributed by atoms with E-state index in [1.165, 1.54) is 64.5 Å². The van der Waals surface area contributed by atoms with Gasteiger partial charge in [0.2, 0.25) is 0 Å². The van der Waals surface area contributed by atoms with Crippen molar-refractivity contribution >= 4 is 115 Å². The van der Waals surface area contributed by atoms with Gasteiger partial charge < -0.3 is 49.5 Å². The van der Waals surface area contributed by atoms with Crippen molar-refractivity contribution in [2.45, 2.75) is 113 Å². The molecule has 0 saturated heterocycles. The fraction of sp³-hybridized carbons (Fsp3) is 0.375. The summed E-state index contributed by atoms with van der Waals surface area (Å²) >= 11 is 22.0. The Morgan fingerprint density at radius 3 is 1.05 bits per heavy atom. The molecule has 0 unspecified atom stereocenters. The van der Waals surface area contributed by atoms with E-state index in [1.807, 2.05) is 0 Å². The van der Waals surface area contributed by atoms with Crippen molar-refractivity contribution in [3.63, 3.8) is 0 Å². The molecule has 76 heavy (non-hydrogen) atoms. The minimum absolute atomic E-state index is 0.186. The highest BCUT2D eigenvalue weighted by Crippen LogP contribution is 2.41. The molecule has 6 aromatic rings. The number of anilines is 8. The molecule has 9 heterocycles. The highest BCUT2D eigenvalue weighted by Gasteiger charge is 2.48. The van der Waals surface area contributed by atoms with E-state index in [4.69, 9.17) is 57.7 Å². The summed E-state index contributed by atoms with van der Waals surface area (Å²) in [5, 5.41) is 15.6. The molecule has 3 aliphatic heterocycles. The highest BCUT2D eigenvalue weighted by molar-refractivity contribution is 9.10. The first-order valence-corrected chi connectivity index (χ1v) is 26.3. The van der Waals surface area contributed by atoms with Gasteiger partial charge in [0.25, 0.3) is 34.4 Å². The van der Waals surface area contributed by atoms with Crippen LogP contribution in [0.2, 0.25) is 15.1 Å². The lowest BCUT2D eigenvalue weighted by Gasteiger charge is -2.35. The third-order valence-electron chi connectivity index (χ3n) is 14.0. The van der Waals surface area contributed by atoms with Gasteiger partial charge in [0.1, 0.15) is 99.3 Å². The van der Waals surface area contributed by atoms with E-state index in [9.17, 15) is 28.8 Å². The SMILES string of the molecule is Nc1cc(N)ncn1.Nc1cc(Nc2cc(Cl)c3n(c2=O)C2(CCCCC2)NC3=O)ncn1.Nc1cc(Nc2cc(Cl)c3n(c2=O)C2(CCCCC2)NC3=O)ncn1.O=C1NC2(CCCCC2)n2c1c(Cl)cc(Br)c2=O. The number of rotatable bonds is 4. The van der Waals surface area contributed by atoms with E-state index < -0.39 is 17.0 Å². The first kappa shape index (κ1) is 53.5. The lowest BCUT2D eigenvalue weighted by molar-refractivity contribution is 0.0867. The second-order valence-corrected chi connectivity index (χ2v) is 21.1. The van der Waals surface area contributed by atoms with Crippen LogP contribution in [0, 0.1) is 0 Å². The van der Waals surface area contributed by atoms with Gasteiger partial charge in [-0.2, -0.15) is 0 Å². The highest BCUT2D eigenvalue weighted by atomic mass is 79.9. The molecule has 398 valence electrons. The molecule has 0 atom stereocenters. The smallest absolute Gasteiger partial charge is 0.276 e. The molecule has 28 heteroatoms. The number of hydrogen-bond acceptors (Lipinski definition) is 18. The van der Waals surface area contributed by atoms with Crippen LogP contribution in [0.3, 0.4) is 0 Å². The molecule has 3 fully saturated rings. The summed E-state index contributed by atoms with van der Waals surface area (Å²) in [6, 6.07) is 8.94. The van der Waals surface area contributed by atoms with Gasteiger partial charge in [0, 0.05) is 18.2 Å². The fourth-order valence-corrected chi connectivity index (χ4v) is 12.1. The zero-order valence-electron chi connectivity index (χ0n) is 40.6. The minimum atomic E-state index is -0.687. The van der Waals surface area contributed by atoms with E-state index in [1.54, 1.807) is 4.57 Å². The van der Waals surface area contributed by atoms with Crippen LogP contribution in [0.5, 0.6) is 0 Å². The lowest BCUT2D eigenvalue weighted by atomic mass is 9.89. The number of amides is 3. The van der Waals surface area contributed by atoms with Crippen molar-refractivity contribution in [3.05, 3.63) is 123 Å². The average Bonchev–Trinajstić information content (AvgIpc) is 3.95. The monoisotopic (exact) mass is 1160 g/mol. The minimum Gasteiger partial charge on any atom is -0.384 e. The van der Waals surface area contributed by atoms with Gasteiger partial charge in [-0.1, -0.05) is 54.1 Å². The Morgan fingerprint density at radius 1 is 0.434 bits per heavy atom. The number of carbonyl (C=O) groups excluding carboxylic acids is 3. The molecule has 3 spiro atoms. The fourth-order valence-electron chi connectivity index (χ4n) is 10.7. The molecule has 6 aromatic heterocycles. The Labute approximate surface area is 456 Å². The third-order valence-corrected chi connectivity index (χ3v) is 15.5. The maximum atomic E-state index is 13.1. The number of nitrogens with one attached hydrogen (secondary N) is 5. The van der Waals surface area contributed by atoms with E-state index in [0.29, 0.717) is 64.1 Å². The van der Waals surface area contributed by atoms with Gasteiger partial charge in [-0.15, -0.1) is 0 Å². The van der Waals surface area contributed by atoms with Gasteiger partial charge in [-0.25, -0.2) is 29.9 Å². The van der Waals surface area contributed by atoms with Crippen LogP contribution in [0.4, 0.5) is 46.3 Å². The van der Waals surface area contributed by atoms with Crippen LogP contribution < -0.4 is 66.2 Å². The number of nitrogens with two attached hydrogens (primary N) is 4. The third kappa shape index (κ3) is 10.5. The van der Waals surface area contributed by atoms with Crippen molar-refractivity contribution < 1.29 is 14.4 Å². The molecule has 3 aliphatic carbocycles. The summed E-state index contributed by atoms with van der Waals surface area (Å²) in [7, 11) is 0. The number of halogens is 4. The second-order valence-electron chi connectivity index (χ2n) is 19.0. The maximum Gasteiger partial charge on any atom is 0.276 e. The quantitative estimate of drug-likeness (QED) is 0.0945. The number of fused-ring (bicyclic) bond motifs is 6. The molecule has 3 saturated carbocycles. The van der Waals surface area contributed by atoms with E-state index >= 15 is 0 Å². The molecule has 12 rings (SSSR count). The molecular formula is C48H52BrCl3N18O6. The van der Waals surface area contributed by atoms with Gasteiger partial charge in [0.05, 0.1) is 19.5 Å². The van der Waals surface area contributed by atoms with Crippen LogP contribution in [0.25, 0.3) is 0 Å². The summed E-state index contributed by atoms with van der Waals surface area (Å²) in [6.45, 7) is 0. The summed E-state index contributed by atoms with van der Waals surface area (Å²) in [5.74, 6) is 1.29. The van der Waals surface area contributed by atoms with E-state index in [0.717, 1.165) is 70.6 Å². The Bertz CT molecular complexity index is 3300. The Kier molecular flexibility index (Phi) is 15.3. The van der Waals surface area contributed by atoms with Crippen molar-refractivity contribution in [2.24, 2.45) is 0 Å². The van der Waals surface area contributed by atoms with Gasteiger partial charge in [-0.3, -0.25) is 42.5 Å². The molecule has 3 amide bonds. The summed E-state index contributed by atoms with van der Waals surface area (Å²) in [6.07, 6.45) is 17.5. The predicted molar refractivity (Wildman–Crippen MR) is 291 cm³/mol. The molecule has 0 aromatic carbocycles. The van der Waals surface area contributed by atoms with Crippen LogP contribution in [-0.4, -0.2) is 61.3 Å². The van der Waals surface area contributed by atoms with Crippen molar-refractivity contribution in [1.29, 1.82) is 0 Å². The van der Waals surface area contributed by atoms with Crippen LogP contribution in [-0.2, 0) is 17.0 Å². The zero-order valence-corrected chi connectivity index (χ0v) is 44.5. The summed E-state index contributed by atoms with van der Waals surface area (Å²) in [5.41, 5.74) is 20.2. The number of nitrogen functional groups attached to an aromatic ring is 4. The largest absolute Gasteiger partial charge is 0.384 e. The Balaban J connectivity index is 0.000000131. The molecule has 0 bridgehead atoms. The summed E-state index contributed by atoms with van der Waals surface area (Å²) < 4.78 is 4.99. The van der Waals surface area contributed by atoms with Crippen molar-refractivity contribution in [1.82, 2.24) is 59.6 Å². The number of aromatic nitrogens is 9. The summed E-state index contributed by atoms with van der Waals surface area (Å²) in [4.78, 5) is 98.3. The van der Waals surface area contributed by atoms with Gasteiger partial charge in [0.15, 0.2) is 0 Å². The second kappa shape index (κ2) is 21.7. The molecular weight excluding hydrogens is 1110 g/mol. The standard InChI is InChI=1S/2C16H17ClN6O2.C12H12BrClN2O2.C4H6N4/c2*17-9-6-10(21-12-7-11(18)19-8-20-12)15(25)23-13(9)14(24)22-16(23)4-2-1-3-5-16;13-7-6-8(14)9-10(17)15-12(16(9)11(7)18)4-2-1-3-5-12;5-3-1-4(6)8-2-7-3/h2*6-8H,1-5H2,(H,22,24)(H3,18,19,20,21);6H,1-5H2,(H,15,17);1-2H,(H4,5,6,7,8). The van der Waals surface area contributed by atoms with Gasteiger partial charge >= 0.3 is 0 Å². The zero-order chi connectivity index (χ0) is 54.1. The first-order chi connectivity index (χ1) is 36.3. The van der Waals surface area contributed by atoms with Crippen LogP contribution in [0.15, 0.2) is 74.2 Å². The molecule has 13 N–H and O–H groups in total. The Hall–Kier alpha value is -7.35. The van der Waals surface area contributed by atoms with Crippen LogP contribution >= 0.6 is 50.7 Å². The van der Waals surface area contributed by atoms with Crippen molar-refractivity contribution in [3.8, 4) is 0 Å². The first-order valence-electron chi connectivity index (χ1n) is 24.4. The predicted octanol–water partition coefficient (Wildman–Crippen LogP) is 6.22. The normalized spacial score (nSPS) is 17.8. The number of nitrogens with zero attached hydrogens (tertiary/aromatic N) is 9. The number of hydrogen-bond donors (Lipinski definition) is 9. The molecule has 6 aliphatic rings. The number of pyridine rings is 3. The molecule has 0 radical (unpaired) electrons. The molecule has 24 nitrogen and oxygen atoms in total. The average molecular weight is 1160 g/mol. The van der Waals surface area contributed by atoms with E-state index in [-0.39, 0.29) is 78.8 Å². The lowest BCUT2D eigenvalue weighted by Crippen LogP contribution is -2.48. The van der Waals surface area contributed by atoms with Crippen LogP contribution in [0.1, 0.15) is 128 Å². The topological polar surface area (TPSA) is 359 Å². The van der Waals surface area contributed by atoms with E-state index in [2.05, 4.69) is 72.4 Å². The van der Waals surface area contributed by atoms with Gasteiger partial charge in [-0.05, 0) is 111 Å². The number of carbonyl (C=O) groups is 3. The Morgan fingerprint density at radius 2 is 0.737 bits per heavy atom. The van der Waals surface area contributed by atoms with Crippen molar-refractivity contribution in [2.75, 3.05) is 33.6 Å². The maximum absolute atomic E-state index is 13.1.